The predicted octanol–water partition coefficient (Wildman–Crippen LogP) is 1.98. The predicted molar refractivity (Wildman–Crippen MR) is 114 cm³/mol. The molecule has 0 aromatic heterocycles. The lowest BCUT2D eigenvalue weighted by molar-refractivity contribution is -0.296. The van der Waals surface area contributed by atoms with Crippen LogP contribution in [0.3, 0.4) is 0 Å². The summed E-state index contributed by atoms with van der Waals surface area (Å²) in [6.07, 6.45) is -6.37. The Morgan fingerprint density at radius 2 is 1.57 bits per heavy atom. The van der Waals surface area contributed by atoms with Crippen LogP contribution < -0.4 is 0 Å². The van der Waals surface area contributed by atoms with E-state index in [0.29, 0.717) is 5.56 Å². The molecule has 0 saturated carbocycles. The summed E-state index contributed by atoms with van der Waals surface area (Å²) in [5, 5.41) is 20.3. The Hall–Kier alpha value is -0.590. The minimum absolute atomic E-state index is 0.405. The lowest BCUT2D eigenvalue weighted by Crippen LogP contribution is -2.61. The highest BCUT2D eigenvalue weighted by Gasteiger charge is 2.50. The molecule has 3 rings (SSSR count). The number of ether oxygens (including phenoxy) is 5. The fraction of sp³-hybridized carbons (Fsp3) is 0.650. The summed E-state index contributed by atoms with van der Waals surface area (Å²) in [7, 11) is 1.51. The number of alkyl halides is 2. The van der Waals surface area contributed by atoms with Gasteiger partial charge in [-0.1, -0.05) is 50.1 Å². The third kappa shape index (κ3) is 5.07. The molecule has 10 atom stereocenters. The van der Waals surface area contributed by atoms with Crippen molar-refractivity contribution in [2.24, 2.45) is 0 Å². The summed E-state index contributed by atoms with van der Waals surface area (Å²) >= 11 is 6.88. The molecule has 1 aromatic rings. The second-order valence-electron chi connectivity index (χ2n) is 7.36. The Morgan fingerprint density at radius 1 is 0.933 bits per heavy atom. The number of rotatable bonds is 5. The van der Waals surface area contributed by atoms with Crippen LogP contribution in [-0.2, 0) is 23.7 Å². The Morgan fingerprint density at radius 3 is 2.20 bits per heavy atom. The molecule has 1 aromatic carbocycles. The van der Waals surface area contributed by atoms with Gasteiger partial charge < -0.3 is 33.9 Å². The van der Waals surface area contributed by atoms with Gasteiger partial charge in [0.15, 0.2) is 18.7 Å². The van der Waals surface area contributed by atoms with Gasteiger partial charge in [0.1, 0.15) is 12.2 Å². The number of hydrogen-bond acceptors (Lipinski definition) is 8. The molecular weight excluding hydrogens is 528 g/mol. The number of aliphatic hydroxyl groups excluding tert-OH is 2. The van der Waals surface area contributed by atoms with E-state index in [2.05, 4.69) is 31.9 Å². The maximum atomic E-state index is 12.7. The van der Waals surface area contributed by atoms with Crippen LogP contribution in [0.1, 0.15) is 24.2 Å². The summed E-state index contributed by atoms with van der Waals surface area (Å²) in [4.78, 5) is 11.5. The normalized spacial score (nSPS) is 42.0. The van der Waals surface area contributed by atoms with Gasteiger partial charge in [0, 0.05) is 7.11 Å². The van der Waals surface area contributed by atoms with E-state index < -0.39 is 64.8 Å². The molecule has 10 heteroatoms. The van der Waals surface area contributed by atoms with E-state index in [1.165, 1.54) is 7.11 Å². The number of carbonyl (C=O) groups is 1. The summed E-state index contributed by atoms with van der Waals surface area (Å²) < 4.78 is 28.9. The third-order valence-corrected chi connectivity index (χ3v) is 7.18. The van der Waals surface area contributed by atoms with Crippen molar-refractivity contribution in [3.63, 3.8) is 0 Å². The van der Waals surface area contributed by atoms with Crippen molar-refractivity contribution in [2.75, 3.05) is 7.11 Å². The first-order valence-corrected chi connectivity index (χ1v) is 11.5. The number of carbonyl (C=O) groups excluding carboxylic acids is 1. The lowest BCUT2D eigenvalue weighted by Gasteiger charge is -2.46. The molecule has 0 amide bonds. The van der Waals surface area contributed by atoms with Crippen LogP contribution in [0.2, 0.25) is 0 Å². The summed E-state index contributed by atoms with van der Waals surface area (Å²) in [6, 6.07) is 8.63. The van der Waals surface area contributed by atoms with Crippen LogP contribution in [0.15, 0.2) is 30.3 Å². The zero-order chi connectivity index (χ0) is 22.0. The maximum Gasteiger partial charge on any atom is 0.338 e. The Balaban J connectivity index is 1.81. The molecule has 2 aliphatic rings. The average molecular weight is 554 g/mol. The SMILES string of the molecule is CO[C@@H]1O[C@H](C)[C@@H](OC(=O)c2ccccc2)[C@H](O[C@@H]2O[C@H](C)[C@@H](O)[C@H](O)[C@H]2Br)[C@H]1Br. The van der Waals surface area contributed by atoms with Crippen molar-refractivity contribution in [3.05, 3.63) is 35.9 Å². The molecule has 0 aliphatic carbocycles. The van der Waals surface area contributed by atoms with Gasteiger partial charge in [0.2, 0.25) is 0 Å². The van der Waals surface area contributed by atoms with Crippen LogP contribution in [0.25, 0.3) is 0 Å². The van der Waals surface area contributed by atoms with Crippen molar-refractivity contribution in [1.82, 2.24) is 0 Å². The van der Waals surface area contributed by atoms with Gasteiger partial charge in [-0.2, -0.15) is 0 Å². The van der Waals surface area contributed by atoms with Gasteiger partial charge in [-0.05, 0) is 26.0 Å². The minimum Gasteiger partial charge on any atom is -0.453 e. The van der Waals surface area contributed by atoms with E-state index in [-0.39, 0.29) is 0 Å². The monoisotopic (exact) mass is 552 g/mol. The molecule has 0 radical (unpaired) electrons. The van der Waals surface area contributed by atoms with E-state index in [1.807, 2.05) is 6.07 Å². The molecule has 2 fully saturated rings. The highest BCUT2D eigenvalue weighted by atomic mass is 79.9. The number of benzene rings is 1. The fourth-order valence-electron chi connectivity index (χ4n) is 3.49. The summed E-state index contributed by atoms with van der Waals surface area (Å²) in [5.74, 6) is -0.510. The first-order chi connectivity index (χ1) is 14.2. The topological polar surface area (TPSA) is 104 Å². The summed E-state index contributed by atoms with van der Waals surface area (Å²) in [6.45, 7) is 3.41. The quantitative estimate of drug-likeness (QED) is 0.421. The smallest absolute Gasteiger partial charge is 0.338 e. The molecule has 2 saturated heterocycles. The fourth-order valence-corrected chi connectivity index (χ4v) is 4.82. The molecular formula is C20H26Br2O8. The Bertz CT molecular complexity index is 707. The lowest BCUT2D eigenvalue weighted by atomic mass is 10.00. The standard InChI is InChI=1S/C20H26Br2O8/c1-9-14(23)15(24)12(21)20(27-9)30-17-13(22)19(26-3)28-10(2)16(17)29-18(25)11-7-5-4-6-8-11/h4-10,12-17,19-20,23-24H,1-3H3/t9-,10-,12-,13-,14-,15-,16-,17-,19-,20+/m1/s1. The highest BCUT2D eigenvalue weighted by Crippen LogP contribution is 2.35. The van der Waals surface area contributed by atoms with Crippen LogP contribution in [0.4, 0.5) is 0 Å². The molecule has 0 bridgehead atoms. The number of methoxy groups -OCH3 is 1. The maximum absolute atomic E-state index is 12.7. The van der Waals surface area contributed by atoms with Gasteiger partial charge in [0.05, 0.1) is 33.5 Å². The van der Waals surface area contributed by atoms with Crippen LogP contribution >= 0.6 is 31.9 Å². The third-order valence-electron chi connectivity index (χ3n) is 5.25. The van der Waals surface area contributed by atoms with Crippen LogP contribution in [-0.4, -0.2) is 82.2 Å². The molecule has 2 N–H and O–H groups in total. The Labute approximate surface area is 192 Å². The molecule has 0 unspecified atom stereocenters. The number of aliphatic hydroxyl groups is 2. The second kappa shape index (κ2) is 10.4. The summed E-state index contributed by atoms with van der Waals surface area (Å²) in [5.41, 5.74) is 0.405. The van der Waals surface area contributed by atoms with E-state index >= 15 is 0 Å². The van der Waals surface area contributed by atoms with E-state index in [4.69, 9.17) is 23.7 Å². The highest BCUT2D eigenvalue weighted by molar-refractivity contribution is 9.09. The molecule has 2 aliphatic heterocycles. The first-order valence-electron chi connectivity index (χ1n) is 9.64. The second-order valence-corrected chi connectivity index (χ2v) is 9.48. The van der Waals surface area contributed by atoms with E-state index in [0.717, 1.165) is 0 Å². The van der Waals surface area contributed by atoms with Crippen LogP contribution in [0.5, 0.6) is 0 Å². The van der Waals surface area contributed by atoms with Crippen molar-refractivity contribution in [3.8, 4) is 0 Å². The van der Waals surface area contributed by atoms with Crippen molar-refractivity contribution >= 4 is 37.8 Å². The Kier molecular flexibility index (Phi) is 8.30. The molecule has 30 heavy (non-hydrogen) atoms. The van der Waals surface area contributed by atoms with Gasteiger partial charge in [0.25, 0.3) is 0 Å². The van der Waals surface area contributed by atoms with Crippen molar-refractivity contribution in [2.45, 2.75) is 72.7 Å². The van der Waals surface area contributed by atoms with Gasteiger partial charge >= 0.3 is 5.97 Å². The largest absolute Gasteiger partial charge is 0.453 e. The van der Waals surface area contributed by atoms with Crippen molar-refractivity contribution in [1.29, 1.82) is 0 Å². The first kappa shape index (κ1) is 24.1. The minimum atomic E-state index is -1.09. The van der Waals surface area contributed by atoms with E-state index in [1.54, 1.807) is 38.1 Å². The van der Waals surface area contributed by atoms with Gasteiger partial charge in [-0.15, -0.1) is 0 Å². The number of halogens is 2. The van der Waals surface area contributed by atoms with Gasteiger partial charge in [-0.3, -0.25) is 0 Å². The van der Waals surface area contributed by atoms with Crippen LogP contribution in [0, 0.1) is 0 Å². The van der Waals surface area contributed by atoms with Gasteiger partial charge in [-0.25, -0.2) is 4.79 Å². The molecule has 168 valence electrons. The molecule has 0 spiro atoms. The van der Waals surface area contributed by atoms with Crippen molar-refractivity contribution < 1.29 is 38.7 Å². The number of hydrogen-bond donors (Lipinski definition) is 2. The zero-order valence-corrected chi connectivity index (χ0v) is 19.9. The molecule has 2 heterocycles. The zero-order valence-electron chi connectivity index (χ0n) is 16.8. The number of esters is 1. The van der Waals surface area contributed by atoms with E-state index in [9.17, 15) is 15.0 Å². The average Bonchev–Trinajstić information content (AvgIpc) is 2.75. The molecule has 8 nitrogen and oxygen atoms in total.